The van der Waals surface area contributed by atoms with E-state index >= 15 is 0 Å². The van der Waals surface area contributed by atoms with Gasteiger partial charge in [-0.1, -0.05) is 18.2 Å². The van der Waals surface area contributed by atoms with Crippen molar-refractivity contribution in [1.82, 2.24) is 4.90 Å². The SMILES string of the molecule is CC1(C)CCC(CN(CC(N)=O)Cc2ccccc2N)O1. The minimum absolute atomic E-state index is 0.0746. The summed E-state index contributed by atoms with van der Waals surface area (Å²) >= 11 is 0. The van der Waals surface area contributed by atoms with Crippen LogP contribution in [0.25, 0.3) is 0 Å². The van der Waals surface area contributed by atoms with Gasteiger partial charge in [0.2, 0.25) is 5.91 Å². The first-order valence-corrected chi connectivity index (χ1v) is 7.37. The second-order valence-corrected chi connectivity index (χ2v) is 6.37. The molecule has 4 N–H and O–H groups in total. The Labute approximate surface area is 126 Å². The lowest BCUT2D eigenvalue weighted by Crippen LogP contribution is -2.39. The highest BCUT2D eigenvalue weighted by atomic mass is 16.5. The summed E-state index contributed by atoms with van der Waals surface area (Å²) in [5.41, 5.74) is 13.0. The predicted octanol–water partition coefficient (Wildman–Crippen LogP) is 1.51. The van der Waals surface area contributed by atoms with Crippen LogP contribution in [0.3, 0.4) is 0 Å². The van der Waals surface area contributed by atoms with Gasteiger partial charge in [0, 0.05) is 18.8 Å². The molecule has 21 heavy (non-hydrogen) atoms. The molecule has 0 radical (unpaired) electrons. The van der Waals surface area contributed by atoms with Crippen molar-refractivity contribution in [2.45, 2.75) is 44.9 Å². The second kappa shape index (κ2) is 6.45. The zero-order chi connectivity index (χ0) is 15.5. The van der Waals surface area contributed by atoms with Crippen LogP contribution in [-0.4, -0.2) is 35.6 Å². The van der Waals surface area contributed by atoms with Crippen LogP contribution in [-0.2, 0) is 16.1 Å². The number of nitrogens with zero attached hydrogens (tertiary/aromatic N) is 1. The van der Waals surface area contributed by atoms with Gasteiger partial charge in [0.1, 0.15) is 0 Å². The fourth-order valence-electron chi connectivity index (χ4n) is 2.82. The molecule has 5 heteroatoms. The molecular formula is C16H25N3O2. The largest absolute Gasteiger partial charge is 0.398 e. The quantitative estimate of drug-likeness (QED) is 0.778. The molecule has 1 unspecified atom stereocenters. The molecular weight excluding hydrogens is 266 g/mol. The van der Waals surface area contributed by atoms with Crippen LogP contribution in [0.15, 0.2) is 24.3 Å². The number of carbonyl (C=O) groups is 1. The van der Waals surface area contributed by atoms with E-state index in [0.29, 0.717) is 13.1 Å². The van der Waals surface area contributed by atoms with Crippen LogP contribution in [0.5, 0.6) is 0 Å². The number of benzene rings is 1. The molecule has 116 valence electrons. The number of nitrogens with two attached hydrogens (primary N) is 2. The minimum Gasteiger partial charge on any atom is -0.398 e. The van der Waals surface area contributed by atoms with E-state index in [9.17, 15) is 4.79 Å². The lowest BCUT2D eigenvalue weighted by Gasteiger charge is -2.26. The summed E-state index contributed by atoms with van der Waals surface area (Å²) in [4.78, 5) is 13.3. The van der Waals surface area contributed by atoms with E-state index in [1.807, 2.05) is 29.2 Å². The number of rotatable bonds is 6. The Kier molecular flexibility index (Phi) is 4.85. The van der Waals surface area contributed by atoms with Gasteiger partial charge in [0.05, 0.1) is 18.2 Å². The number of primary amides is 1. The van der Waals surface area contributed by atoms with Gasteiger partial charge in [-0.25, -0.2) is 0 Å². The maximum Gasteiger partial charge on any atom is 0.231 e. The van der Waals surface area contributed by atoms with Crippen molar-refractivity contribution >= 4 is 11.6 Å². The van der Waals surface area contributed by atoms with Crippen LogP contribution >= 0.6 is 0 Å². The summed E-state index contributed by atoms with van der Waals surface area (Å²) in [5, 5.41) is 0. The van der Waals surface area contributed by atoms with Crippen molar-refractivity contribution in [3.05, 3.63) is 29.8 Å². The van der Waals surface area contributed by atoms with Crippen molar-refractivity contribution in [3.63, 3.8) is 0 Å². The summed E-state index contributed by atoms with van der Waals surface area (Å²) in [6, 6.07) is 7.69. The average Bonchev–Trinajstić information content (AvgIpc) is 2.70. The summed E-state index contributed by atoms with van der Waals surface area (Å²) in [7, 11) is 0. The smallest absolute Gasteiger partial charge is 0.231 e. The molecule has 0 saturated carbocycles. The third-order valence-electron chi connectivity index (χ3n) is 3.84. The Balaban J connectivity index is 2.01. The first kappa shape index (κ1) is 15.8. The third kappa shape index (κ3) is 4.72. The van der Waals surface area contributed by atoms with E-state index in [0.717, 1.165) is 24.1 Å². The zero-order valence-corrected chi connectivity index (χ0v) is 12.8. The molecule has 1 aliphatic rings. The highest BCUT2D eigenvalue weighted by Gasteiger charge is 2.32. The van der Waals surface area contributed by atoms with Crippen molar-refractivity contribution in [2.24, 2.45) is 5.73 Å². The number of anilines is 1. The maximum atomic E-state index is 11.3. The van der Waals surface area contributed by atoms with Crippen LogP contribution in [0.2, 0.25) is 0 Å². The van der Waals surface area contributed by atoms with Crippen molar-refractivity contribution in [3.8, 4) is 0 Å². The van der Waals surface area contributed by atoms with Gasteiger partial charge in [-0.2, -0.15) is 0 Å². The number of nitrogen functional groups attached to an aromatic ring is 1. The van der Waals surface area contributed by atoms with Crippen LogP contribution in [0.1, 0.15) is 32.3 Å². The van der Waals surface area contributed by atoms with E-state index in [-0.39, 0.29) is 24.2 Å². The zero-order valence-electron chi connectivity index (χ0n) is 12.8. The Morgan fingerprint density at radius 2 is 2.14 bits per heavy atom. The fraction of sp³-hybridized carbons (Fsp3) is 0.562. The highest BCUT2D eigenvalue weighted by molar-refractivity contribution is 5.75. The van der Waals surface area contributed by atoms with E-state index in [2.05, 4.69) is 13.8 Å². The number of para-hydroxylation sites is 1. The average molecular weight is 291 g/mol. The Hall–Kier alpha value is -1.59. The molecule has 2 rings (SSSR count). The molecule has 0 aromatic heterocycles. The van der Waals surface area contributed by atoms with Gasteiger partial charge in [-0.05, 0) is 38.3 Å². The molecule has 0 aliphatic carbocycles. The summed E-state index contributed by atoms with van der Waals surface area (Å²) < 4.78 is 6.00. The molecule has 1 aromatic rings. The number of hydrogen-bond acceptors (Lipinski definition) is 4. The summed E-state index contributed by atoms with van der Waals surface area (Å²) in [6.45, 7) is 5.71. The molecule has 1 saturated heterocycles. The monoisotopic (exact) mass is 291 g/mol. The lowest BCUT2D eigenvalue weighted by atomic mass is 10.1. The summed E-state index contributed by atoms with van der Waals surface area (Å²) in [5.74, 6) is -0.332. The summed E-state index contributed by atoms with van der Waals surface area (Å²) in [6.07, 6.45) is 2.19. The molecule has 1 aromatic carbocycles. The number of carbonyl (C=O) groups excluding carboxylic acids is 1. The van der Waals surface area contributed by atoms with Gasteiger partial charge in [-0.15, -0.1) is 0 Å². The molecule has 1 amide bonds. The number of ether oxygens (including phenoxy) is 1. The topological polar surface area (TPSA) is 81.6 Å². The number of hydrogen-bond donors (Lipinski definition) is 2. The van der Waals surface area contributed by atoms with Gasteiger partial charge in [0.15, 0.2) is 0 Å². The molecule has 1 aliphatic heterocycles. The van der Waals surface area contributed by atoms with Crippen LogP contribution in [0.4, 0.5) is 5.69 Å². The molecule has 0 spiro atoms. The van der Waals surface area contributed by atoms with E-state index in [1.54, 1.807) is 0 Å². The molecule has 1 atom stereocenters. The Morgan fingerprint density at radius 1 is 1.43 bits per heavy atom. The number of amides is 1. The maximum absolute atomic E-state index is 11.3. The van der Waals surface area contributed by atoms with Crippen LogP contribution in [0, 0.1) is 0 Å². The third-order valence-corrected chi connectivity index (χ3v) is 3.84. The Bertz CT molecular complexity index is 502. The molecule has 5 nitrogen and oxygen atoms in total. The highest BCUT2D eigenvalue weighted by Crippen LogP contribution is 2.30. The minimum atomic E-state index is -0.332. The normalized spacial score (nSPS) is 20.8. The lowest BCUT2D eigenvalue weighted by molar-refractivity contribution is -0.119. The predicted molar refractivity (Wildman–Crippen MR) is 83.5 cm³/mol. The van der Waals surface area contributed by atoms with Crippen molar-refractivity contribution in [1.29, 1.82) is 0 Å². The second-order valence-electron chi connectivity index (χ2n) is 6.37. The van der Waals surface area contributed by atoms with E-state index in [1.165, 1.54) is 0 Å². The van der Waals surface area contributed by atoms with Crippen LogP contribution < -0.4 is 11.5 Å². The van der Waals surface area contributed by atoms with E-state index < -0.39 is 0 Å². The van der Waals surface area contributed by atoms with Gasteiger partial charge >= 0.3 is 0 Å². The van der Waals surface area contributed by atoms with Gasteiger partial charge in [0.25, 0.3) is 0 Å². The standard InChI is InChI=1S/C16H25N3O2/c1-16(2)8-7-13(21-16)10-19(11-15(18)20)9-12-5-3-4-6-14(12)17/h3-6,13H,7-11,17H2,1-2H3,(H2,18,20). The van der Waals surface area contributed by atoms with E-state index in [4.69, 9.17) is 16.2 Å². The molecule has 1 fully saturated rings. The first-order chi connectivity index (χ1) is 9.85. The Morgan fingerprint density at radius 3 is 2.71 bits per heavy atom. The van der Waals surface area contributed by atoms with Gasteiger partial charge in [-0.3, -0.25) is 9.69 Å². The van der Waals surface area contributed by atoms with Crippen molar-refractivity contribution < 1.29 is 9.53 Å². The van der Waals surface area contributed by atoms with Gasteiger partial charge < -0.3 is 16.2 Å². The van der Waals surface area contributed by atoms with Crippen molar-refractivity contribution in [2.75, 3.05) is 18.8 Å². The first-order valence-electron chi connectivity index (χ1n) is 7.37. The fourth-order valence-corrected chi connectivity index (χ4v) is 2.82. The molecule has 0 bridgehead atoms. The molecule has 1 heterocycles.